The normalized spacial score (nSPS) is 23.2. The first-order chi connectivity index (χ1) is 11.7. The van der Waals surface area contributed by atoms with Crippen molar-refractivity contribution in [2.45, 2.75) is 25.0 Å². The Morgan fingerprint density at radius 1 is 1.36 bits per heavy atom. The largest absolute Gasteiger partial charge is 0.374 e. The predicted octanol–water partition coefficient (Wildman–Crippen LogP) is 1.83. The molecular formula is C17H30IN5OS. The van der Waals surface area contributed by atoms with Gasteiger partial charge in [0.1, 0.15) is 0 Å². The van der Waals surface area contributed by atoms with Crippen LogP contribution in [0.1, 0.15) is 12.8 Å². The van der Waals surface area contributed by atoms with Gasteiger partial charge in [0.15, 0.2) is 5.96 Å². The van der Waals surface area contributed by atoms with Crippen LogP contribution in [0.4, 0.5) is 5.00 Å². The molecule has 8 heteroatoms. The topological polar surface area (TPSA) is 52.1 Å². The number of guanidine groups is 1. The van der Waals surface area contributed by atoms with Crippen LogP contribution in [-0.2, 0) is 4.74 Å². The minimum Gasteiger partial charge on any atom is -0.374 e. The summed E-state index contributed by atoms with van der Waals surface area (Å²) in [6, 6.07) is 4.82. The zero-order valence-electron chi connectivity index (χ0n) is 15.1. The summed E-state index contributed by atoms with van der Waals surface area (Å²) in [5, 5.41) is 10.5. The van der Waals surface area contributed by atoms with Gasteiger partial charge in [0.2, 0.25) is 0 Å². The second-order valence-corrected chi connectivity index (χ2v) is 7.49. The maximum Gasteiger partial charge on any atom is 0.191 e. The van der Waals surface area contributed by atoms with E-state index in [-0.39, 0.29) is 30.1 Å². The Kier molecular flexibility index (Phi) is 8.74. The van der Waals surface area contributed by atoms with Crippen LogP contribution in [0.25, 0.3) is 0 Å². The SMILES string of the molecule is CN=C(NCC1CN(C)CCO1)NC1CCN(c2cccs2)CC1.I. The second-order valence-electron chi connectivity index (χ2n) is 6.57. The molecule has 2 aliphatic heterocycles. The number of anilines is 1. The van der Waals surface area contributed by atoms with Crippen molar-refractivity contribution < 1.29 is 4.74 Å². The molecule has 25 heavy (non-hydrogen) atoms. The van der Waals surface area contributed by atoms with E-state index < -0.39 is 0 Å². The molecule has 0 amide bonds. The Labute approximate surface area is 172 Å². The summed E-state index contributed by atoms with van der Waals surface area (Å²) in [6.45, 7) is 5.82. The lowest BCUT2D eigenvalue weighted by Gasteiger charge is -2.34. The van der Waals surface area contributed by atoms with Crippen molar-refractivity contribution in [1.29, 1.82) is 0 Å². The Morgan fingerprint density at radius 2 is 2.16 bits per heavy atom. The van der Waals surface area contributed by atoms with Gasteiger partial charge in [-0.25, -0.2) is 0 Å². The van der Waals surface area contributed by atoms with Crippen molar-refractivity contribution in [3.8, 4) is 0 Å². The predicted molar refractivity (Wildman–Crippen MR) is 117 cm³/mol. The molecular weight excluding hydrogens is 449 g/mol. The number of likely N-dealkylation sites (N-methyl/N-ethyl adjacent to an activating group) is 1. The fourth-order valence-electron chi connectivity index (χ4n) is 3.28. The third-order valence-electron chi connectivity index (χ3n) is 4.72. The highest BCUT2D eigenvalue weighted by Crippen LogP contribution is 2.24. The number of ether oxygens (including phenoxy) is 1. The molecule has 0 bridgehead atoms. The summed E-state index contributed by atoms with van der Waals surface area (Å²) < 4.78 is 5.80. The first-order valence-electron chi connectivity index (χ1n) is 8.80. The van der Waals surface area contributed by atoms with Crippen LogP contribution in [0.3, 0.4) is 0 Å². The number of nitrogens with zero attached hydrogens (tertiary/aromatic N) is 3. The molecule has 0 aromatic carbocycles. The lowest BCUT2D eigenvalue weighted by molar-refractivity contribution is -0.0161. The van der Waals surface area contributed by atoms with Crippen LogP contribution in [0.2, 0.25) is 0 Å². The van der Waals surface area contributed by atoms with E-state index >= 15 is 0 Å². The Balaban J connectivity index is 0.00000225. The Bertz CT molecular complexity index is 519. The molecule has 3 heterocycles. The molecule has 2 saturated heterocycles. The standard InChI is InChI=1S/C17H29N5OS.HI/c1-18-17(19-12-15-13-21(2)9-10-23-15)20-14-5-7-22(8-6-14)16-4-3-11-24-16;/h3-4,11,14-15H,5-10,12-13H2,1-2H3,(H2,18,19,20);1H. The molecule has 2 fully saturated rings. The van der Waals surface area contributed by atoms with Crippen LogP contribution in [0.5, 0.6) is 0 Å². The average Bonchev–Trinajstić information content (AvgIpc) is 3.14. The highest BCUT2D eigenvalue weighted by atomic mass is 127. The molecule has 1 atom stereocenters. The molecule has 2 N–H and O–H groups in total. The van der Waals surface area contributed by atoms with Gasteiger partial charge >= 0.3 is 0 Å². The highest BCUT2D eigenvalue weighted by Gasteiger charge is 2.22. The van der Waals surface area contributed by atoms with Crippen LogP contribution in [0.15, 0.2) is 22.5 Å². The Morgan fingerprint density at radius 3 is 2.80 bits per heavy atom. The van der Waals surface area contributed by atoms with Crippen molar-refractivity contribution in [1.82, 2.24) is 15.5 Å². The van der Waals surface area contributed by atoms with Gasteiger partial charge in [-0.15, -0.1) is 35.3 Å². The van der Waals surface area contributed by atoms with Crippen molar-refractivity contribution >= 4 is 46.3 Å². The quantitative estimate of drug-likeness (QED) is 0.392. The number of morpholine rings is 1. The van der Waals surface area contributed by atoms with Gasteiger partial charge < -0.3 is 25.2 Å². The third kappa shape index (κ3) is 6.26. The molecule has 0 saturated carbocycles. The van der Waals surface area contributed by atoms with E-state index in [1.807, 2.05) is 18.4 Å². The number of hydrogen-bond acceptors (Lipinski definition) is 5. The maximum atomic E-state index is 5.80. The number of aliphatic imine (C=N–C) groups is 1. The summed E-state index contributed by atoms with van der Waals surface area (Å²) in [4.78, 5) is 9.16. The molecule has 1 aromatic rings. The molecule has 0 aliphatic carbocycles. The molecule has 0 radical (unpaired) electrons. The number of thiophene rings is 1. The fourth-order valence-corrected chi connectivity index (χ4v) is 4.07. The first kappa shape index (κ1) is 20.7. The highest BCUT2D eigenvalue weighted by molar-refractivity contribution is 14.0. The van der Waals surface area contributed by atoms with Gasteiger partial charge in [-0.2, -0.15) is 0 Å². The zero-order valence-corrected chi connectivity index (χ0v) is 18.3. The number of piperidine rings is 1. The Hall–Kier alpha value is -0.580. The fraction of sp³-hybridized carbons (Fsp3) is 0.706. The van der Waals surface area contributed by atoms with Gasteiger partial charge in [-0.3, -0.25) is 4.99 Å². The molecule has 6 nitrogen and oxygen atoms in total. The number of halogens is 1. The number of rotatable bonds is 4. The first-order valence-corrected chi connectivity index (χ1v) is 9.68. The summed E-state index contributed by atoms with van der Waals surface area (Å²) >= 11 is 1.82. The second kappa shape index (κ2) is 10.5. The van der Waals surface area contributed by atoms with Crippen LogP contribution < -0.4 is 15.5 Å². The average molecular weight is 479 g/mol. The summed E-state index contributed by atoms with van der Waals surface area (Å²) in [6.07, 6.45) is 2.52. The molecule has 1 aromatic heterocycles. The molecule has 0 spiro atoms. The minimum atomic E-state index is 0. The minimum absolute atomic E-state index is 0. The summed E-state index contributed by atoms with van der Waals surface area (Å²) in [5.74, 6) is 0.890. The van der Waals surface area contributed by atoms with Gasteiger partial charge in [0.05, 0.1) is 17.7 Å². The van der Waals surface area contributed by atoms with E-state index in [0.717, 1.165) is 58.1 Å². The number of nitrogens with one attached hydrogen (secondary N) is 2. The lowest BCUT2D eigenvalue weighted by Crippen LogP contribution is -2.52. The van der Waals surface area contributed by atoms with Crippen LogP contribution in [-0.4, -0.2) is 76.4 Å². The molecule has 142 valence electrons. The van der Waals surface area contributed by atoms with E-state index in [1.165, 1.54) is 5.00 Å². The van der Waals surface area contributed by atoms with Crippen molar-refractivity contribution in [2.24, 2.45) is 4.99 Å². The van der Waals surface area contributed by atoms with Crippen molar-refractivity contribution in [2.75, 3.05) is 58.3 Å². The summed E-state index contributed by atoms with van der Waals surface area (Å²) in [5.41, 5.74) is 0. The van der Waals surface area contributed by atoms with Gasteiger partial charge in [0, 0.05) is 45.8 Å². The lowest BCUT2D eigenvalue weighted by atomic mass is 10.1. The van der Waals surface area contributed by atoms with Gasteiger partial charge in [-0.1, -0.05) is 0 Å². The van der Waals surface area contributed by atoms with E-state index in [2.05, 4.69) is 50.0 Å². The maximum absolute atomic E-state index is 5.80. The van der Waals surface area contributed by atoms with Crippen LogP contribution in [0, 0.1) is 0 Å². The molecule has 1 unspecified atom stereocenters. The zero-order chi connectivity index (χ0) is 16.8. The van der Waals surface area contributed by atoms with Crippen LogP contribution >= 0.6 is 35.3 Å². The van der Waals surface area contributed by atoms with Gasteiger partial charge in [0.25, 0.3) is 0 Å². The third-order valence-corrected chi connectivity index (χ3v) is 5.65. The smallest absolute Gasteiger partial charge is 0.191 e. The van der Waals surface area contributed by atoms with Crippen molar-refractivity contribution in [3.63, 3.8) is 0 Å². The number of hydrogen-bond donors (Lipinski definition) is 2. The van der Waals surface area contributed by atoms with E-state index in [1.54, 1.807) is 0 Å². The van der Waals surface area contributed by atoms with Gasteiger partial charge in [-0.05, 0) is 37.4 Å². The molecule has 3 rings (SSSR count). The van der Waals surface area contributed by atoms with E-state index in [9.17, 15) is 0 Å². The van der Waals surface area contributed by atoms with E-state index in [0.29, 0.717) is 6.04 Å². The summed E-state index contributed by atoms with van der Waals surface area (Å²) in [7, 11) is 3.98. The van der Waals surface area contributed by atoms with Crippen molar-refractivity contribution in [3.05, 3.63) is 17.5 Å². The monoisotopic (exact) mass is 479 g/mol. The molecule has 2 aliphatic rings. The van der Waals surface area contributed by atoms with E-state index in [4.69, 9.17) is 4.74 Å².